The second-order valence-corrected chi connectivity index (χ2v) is 5.21. The summed E-state index contributed by atoms with van der Waals surface area (Å²) in [6.45, 7) is 4.07. The Hall–Kier alpha value is -1.04. The molecule has 0 aliphatic carbocycles. The van der Waals surface area contributed by atoms with Crippen LogP contribution in [0.2, 0.25) is 0 Å². The van der Waals surface area contributed by atoms with Gasteiger partial charge in [0.15, 0.2) is 0 Å². The van der Waals surface area contributed by atoms with Crippen LogP contribution in [-0.2, 0) is 4.74 Å². The van der Waals surface area contributed by atoms with Gasteiger partial charge in [0.1, 0.15) is 0 Å². The van der Waals surface area contributed by atoms with Gasteiger partial charge in [0.2, 0.25) is 0 Å². The molecule has 4 nitrogen and oxygen atoms in total. The number of hydrogen-bond donors (Lipinski definition) is 2. The second kappa shape index (κ2) is 7.41. The zero-order valence-corrected chi connectivity index (χ0v) is 11.3. The minimum atomic E-state index is -0.953. The van der Waals surface area contributed by atoms with Crippen LogP contribution < -0.4 is 0 Å². The third-order valence-electron chi connectivity index (χ3n) is 2.17. The molecule has 100 valence electrons. The number of aliphatic hydroxyl groups excluding tert-OH is 1. The van der Waals surface area contributed by atoms with Gasteiger partial charge in [-0.1, -0.05) is 12.1 Å². The van der Waals surface area contributed by atoms with E-state index in [2.05, 4.69) is 0 Å². The van der Waals surface area contributed by atoms with Crippen LogP contribution in [-0.4, -0.2) is 40.8 Å². The Morgan fingerprint density at radius 2 is 2.06 bits per heavy atom. The van der Waals surface area contributed by atoms with Crippen molar-refractivity contribution < 1.29 is 19.7 Å². The average molecular weight is 270 g/mol. The molecule has 0 aromatic heterocycles. The maximum Gasteiger partial charge on any atom is 0.336 e. The number of ether oxygens (including phenoxy) is 1. The van der Waals surface area contributed by atoms with Crippen molar-refractivity contribution in [1.29, 1.82) is 0 Å². The van der Waals surface area contributed by atoms with Crippen molar-refractivity contribution in [3.05, 3.63) is 29.8 Å². The van der Waals surface area contributed by atoms with E-state index in [4.69, 9.17) is 9.84 Å². The molecule has 18 heavy (non-hydrogen) atoms. The van der Waals surface area contributed by atoms with E-state index in [1.165, 1.54) is 11.8 Å². The number of carboxylic acid groups (broad SMARTS) is 1. The molecule has 5 heteroatoms. The van der Waals surface area contributed by atoms with Crippen LogP contribution in [0, 0.1) is 0 Å². The van der Waals surface area contributed by atoms with Gasteiger partial charge in [0, 0.05) is 10.6 Å². The van der Waals surface area contributed by atoms with Crippen molar-refractivity contribution in [2.75, 3.05) is 12.4 Å². The van der Waals surface area contributed by atoms with E-state index in [0.717, 1.165) is 0 Å². The predicted octanol–water partition coefficient (Wildman–Crippen LogP) is 2.26. The van der Waals surface area contributed by atoms with Gasteiger partial charge in [0.05, 0.1) is 24.4 Å². The summed E-state index contributed by atoms with van der Waals surface area (Å²) in [5.41, 5.74) is 0.263. The fourth-order valence-corrected chi connectivity index (χ4v) is 2.26. The van der Waals surface area contributed by atoms with Crippen molar-refractivity contribution in [2.24, 2.45) is 0 Å². The largest absolute Gasteiger partial charge is 0.478 e. The molecule has 2 N–H and O–H groups in total. The summed E-state index contributed by atoms with van der Waals surface area (Å²) in [7, 11) is 0. The third-order valence-corrected chi connectivity index (χ3v) is 3.39. The van der Waals surface area contributed by atoms with Gasteiger partial charge in [-0.2, -0.15) is 0 Å². The van der Waals surface area contributed by atoms with E-state index in [1.54, 1.807) is 24.3 Å². The average Bonchev–Trinajstić information content (AvgIpc) is 2.34. The molecule has 0 saturated heterocycles. The molecule has 0 amide bonds. The van der Waals surface area contributed by atoms with Crippen molar-refractivity contribution in [3.8, 4) is 0 Å². The third kappa shape index (κ3) is 5.08. The molecule has 0 fully saturated rings. The van der Waals surface area contributed by atoms with Crippen molar-refractivity contribution in [3.63, 3.8) is 0 Å². The summed E-state index contributed by atoms with van der Waals surface area (Å²) in [6, 6.07) is 6.77. The molecule has 1 aromatic carbocycles. The van der Waals surface area contributed by atoms with E-state index in [0.29, 0.717) is 10.6 Å². The molecular formula is C13H18O4S. The van der Waals surface area contributed by atoms with Crippen molar-refractivity contribution in [1.82, 2.24) is 0 Å². The molecule has 0 aliphatic heterocycles. The first-order valence-corrected chi connectivity index (χ1v) is 6.74. The Balaban J connectivity index is 2.50. The van der Waals surface area contributed by atoms with Gasteiger partial charge in [-0.3, -0.25) is 0 Å². The molecule has 0 saturated carbocycles. The monoisotopic (exact) mass is 270 g/mol. The fourth-order valence-electron chi connectivity index (χ4n) is 1.31. The van der Waals surface area contributed by atoms with Gasteiger partial charge >= 0.3 is 5.97 Å². The van der Waals surface area contributed by atoms with E-state index >= 15 is 0 Å². The van der Waals surface area contributed by atoms with Gasteiger partial charge in [-0.05, 0) is 26.0 Å². The maximum atomic E-state index is 11.0. The number of rotatable bonds is 7. The summed E-state index contributed by atoms with van der Waals surface area (Å²) in [6.07, 6.45) is -0.518. The molecule has 0 radical (unpaired) electrons. The highest BCUT2D eigenvalue weighted by Crippen LogP contribution is 2.23. The highest BCUT2D eigenvalue weighted by molar-refractivity contribution is 7.99. The van der Waals surface area contributed by atoms with Crippen LogP contribution in [0.1, 0.15) is 24.2 Å². The van der Waals surface area contributed by atoms with Crippen LogP contribution in [0.5, 0.6) is 0 Å². The Bertz CT molecular complexity index is 392. The number of carbonyl (C=O) groups is 1. The highest BCUT2D eigenvalue weighted by atomic mass is 32.2. The van der Waals surface area contributed by atoms with E-state index in [-0.39, 0.29) is 18.3 Å². The number of aromatic carboxylic acids is 1. The summed E-state index contributed by atoms with van der Waals surface area (Å²) in [5, 5.41) is 18.7. The molecule has 1 atom stereocenters. The van der Waals surface area contributed by atoms with Crippen LogP contribution in [0.15, 0.2) is 29.2 Å². The van der Waals surface area contributed by atoms with Crippen molar-refractivity contribution >= 4 is 17.7 Å². The predicted molar refractivity (Wildman–Crippen MR) is 71.2 cm³/mol. The smallest absolute Gasteiger partial charge is 0.336 e. The first-order chi connectivity index (χ1) is 8.50. The number of aliphatic hydroxyl groups is 1. The number of hydrogen-bond acceptors (Lipinski definition) is 4. The fraction of sp³-hybridized carbons (Fsp3) is 0.462. The quantitative estimate of drug-likeness (QED) is 0.744. The zero-order chi connectivity index (χ0) is 13.5. The van der Waals surface area contributed by atoms with Crippen molar-refractivity contribution in [2.45, 2.75) is 31.0 Å². The normalized spacial score (nSPS) is 12.7. The summed E-state index contributed by atoms with van der Waals surface area (Å²) >= 11 is 1.32. The van der Waals surface area contributed by atoms with Gasteiger partial charge in [0.25, 0.3) is 0 Å². The molecule has 0 aliphatic rings. The summed E-state index contributed by atoms with van der Waals surface area (Å²) in [4.78, 5) is 11.6. The Morgan fingerprint density at radius 1 is 1.39 bits per heavy atom. The van der Waals surface area contributed by atoms with Crippen LogP contribution >= 0.6 is 11.8 Å². The van der Waals surface area contributed by atoms with Crippen LogP contribution in [0.3, 0.4) is 0 Å². The first kappa shape index (κ1) is 15.0. The maximum absolute atomic E-state index is 11.0. The molecule has 1 unspecified atom stereocenters. The minimum Gasteiger partial charge on any atom is -0.478 e. The Morgan fingerprint density at radius 3 is 2.67 bits per heavy atom. The zero-order valence-electron chi connectivity index (χ0n) is 10.5. The molecule has 1 rings (SSSR count). The molecular weight excluding hydrogens is 252 g/mol. The molecule has 0 bridgehead atoms. The minimum absolute atomic E-state index is 0.0796. The Labute approximate surface area is 111 Å². The first-order valence-electron chi connectivity index (χ1n) is 5.75. The second-order valence-electron chi connectivity index (χ2n) is 4.15. The lowest BCUT2D eigenvalue weighted by Crippen LogP contribution is -2.20. The topological polar surface area (TPSA) is 66.8 Å². The lowest BCUT2D eigenvalue weighted by atomic mass is 10.2. The lowest BCUT2D eigenvalue weighted by molar-refractivity contribution is 0.0152. The molecule has 0 heterocycles. The van der Waals surface area contributed by atoms with Crippen LogP contribution in [0.4, 0.5) is 0 Å². The number of thioether (sulfide) groups is 1. The summed E-state index contributed by atoms with van der Waals surface area (Å²) in [5.74, 6) is -0.539. The number of benzene rings is 1. The molecule has 1 aromatic rings. The highest BCUT2D eigenvalue weighted by Gasteiger charge is 2.12. The Kier molecular flexibility index (Phi) is 6.18. The van der Waals surface area contributed by atoms with Crippen LogP contribution in [0.25, 0.3) is 0 Å². The SMILES string of the molecule is CC(C)OCC(O)CSc1ccccc1C(=O)O. The standard InChI is InChI=1S/C13H18O4S/c1-9(2)17-7-10(14)8-18-12-6-4-3-5-11(12)13(15)16/h3-6,9-10,14H,7-8H2,1-2H3,(H,15,16). The molecule has 0 spiro atoms. The van der Waals surface area contributed by atoms with Gasteiger partial charge < -0.3 is 14.9 Å². The van der Waals surface area contributed by atoms with E-state index in [1.807, 2.05) is 13.8 Å². The van der Waals surface area contributed by atoms with Gasteiger partial charge in [-0.15, -0.1) is 11.8 Å². The summed E-state index contributed by atoms with van der Waals surface area (Å²) < 4.78 is 5.29. The van der Waals surface area contributed by atoms with Gasteiger partial charge in [-0.25, -0.2) is 4.79 Å². The van der Waals surface area contributed by atoms with E-state index < -0.39 is 12.1 Å². The van der Waals surface area contributed by atoms with E-state index in [9.17, 15) is 9.90 Å². The number of carboxylic acids is 1. The lowest BCUT2D eigenvalue weighted by Gasteiger charge is -2.13.